The molecule has 1 nitrogen and oxygen atoms in total. The third-order valence-electron chi connectivity index (χ3n) is 2.83. The van der Waals surface area contributed by atoms with E-state index >= 15 is 0 Å². The highest BCUT2D eigenvalue weighted by Crippen LogP contribution is 2.34. The summed E-state index contributed by atoms with van der Waals surface area (Å²) < 4.78 is 0. The van der Waals surface area contributed by atoms with Crippen LogP contribution in [0.3, 0.4) is 0 Å². The third-order valence-corrected chi connectivity index (χ3v) is 3.06. The Hall–Kier alpha value is -0.530. The molecule has 2 N–H and O–H groups in total. The number of fused-ring (bicyclic) bond motifs is 1. The summed E-state index contributed by atoms with van der Waals surface area (Å²) in [6.45, 7) is 2.08. The van der Waals surface area contributed by atoms with Gasteiger partial charge in [0.05, 0.1) is 0 Å². The van der Waals surface area contributed by atoms with Crippen LogP contribution in [-0.4, -0.2) is 0 Å². The molecule has 1 aromatic rings. The zero-order chi connectivity index (χ0) is 9.47. The van der Waals surface area contributed by atoms with Gasteiger partial charge in [-0.25, -0.2) is 0 Å². The minimum absolute atomic E-state index is 0.182. The number of halogens is 1. The Labute approximate surface area is 83.9 Å². The van der Waals surface area contributed by atoms with Crippen LogP contribution in [0.2, 0.25) is 5.02 Å². The zero-order valence-electron chi connectivity index (χ0n) is 7.81. The molecule has 0 aromatic heterocycles. The Morgan fingerprint density at radius 1 is 1.46 bits per heavy atom. The standard InChI is InChI=1S/C11H14ClN/c1-11(13)6-2-3-8-4-5-9(12)7-10(8)11/h4-5,7H,2-3,6,13H2,1H3. The van der Waals surface area contributed by atoms with Crippen molar-refractivity contribution >= 4 is 11.6 Å². The van der Waals surface area contributed by atoms with Crippen molar-refractivity contribution in [2.24, 2.45) is 5.73 Å². The van der Waals surface area contributed by atoms with Crippen LogP contribution in [0, 0.1) is 0 Å². The predicted molar refractivity (Wildman–Crippen MR) is 55.9 cm³/mol. The molecule has 0 fully saturated rings. The van der Waals surface area contributed by atoms with Gasteiger partial charge in [0.15, 0.2) is 0 Å². The Morgan fingerprint density at radius 3 is 3.00 bits per heavy atom. The highest BCUT2D eigenvalue weighted by Gasteiger charge is 2.27. The van der Waals surface area contributed by atoms with Crippen LogP contribution < -0.4 is 5.73 Å². The molecule has 2 heteroatoms. The van der Waals surface area contributed by atoms with E-state index in [2.05, 4.69) is 13.0 Å². The second kappa shape index (κ2) is 3.00. The molecule has 0 bridgehead atoms. The number of aryl methyl sites for hydroxylation is 1. The molecule has 1 unspecified atom stereocenters. The van der Waals surface area contributed by atoms with Crippen molar-refractivity contribution in [3.63, 3.8) is 0 Å². The highest BCUT2D eigenvalue weighted by atomic mass is 35.5. The van der Waals surface area contributed by atoms with Crippen LogP contribution in [0.4, 0.5) is 0 Å². The van der Waals surface area contributed by atoms with Crippen LogP contribution in [0.15, 0.2) is 18.2 Å². The van der Waals surface area contributed by atoms with Crippen LogP contribution in [0.5, 0.6) is 0 Å². The highest BCUT2D eigenvalue weighted by molar-refractivity contribution is 6.30. The largest absolute Gasteiger partial charge is 0.322 e. The fraction of sp³-hybridized carbons (Fsp3) is 0.455. The van der Waals surface area contributed by atoms with Crippen LogP contribution in [0.1, 0.15) is 30.9 Å². The van der Waals surface area contributed by atoms with E-state index in [-0.39, 0.29) is 5.54 Å². The first-order valence-corrected chi connectivity index (χ1v) is 5.05. The lowest BCUT2D eigenvalue weighted by Crippen LogP contribution is -2.36. The summed E-state index contributed by atoms with van der Waals surface area (Å²) in [4.78, 5) is 0. The smallest absolute Gasteiger partial charge is 0.0409 e. The fourth-order valence-electron chi connectivity index (χ4n) is 2.08. The van der Waals surface area contributed by atoms with Gasteiger partial charge in [0.1, 0.15) is 0 Å². The second-order valence-corrected chi connectivity index (χ2v) is 4.51. The summed E-state index contributed by atoms with van der Waals surface area (Å²) >= 11 is 5.95. The molecule has 0 saturated heterocycles. The average molecular weight is 196 g/mol. The maximum absolute atomic E-state index is 6.20. The number of benzene rings is 1. The summed E-state index contributed by atoms with van der Waals surface area (Å²) in [5.74, 6) is 0. The summed E-state index contributed by atoms with van der Waals surface area (Å²) in [5.41, 5.74) is 8.61. The third kappa shape index (κ3) is 1.59. The van der Waals surface area contributed by atoms with Crippen molar-refractivity contribution in [2.45, 2.75) is 31.7 Å². The molecule has 2 rings (SSSR count). The molecule has 0 aliphatic heterocycles. The van der Waals surface area contributed by atoms with Crippen molar-refractivity contribution in [1.82, 2.24) is 0 Å². The maximum atomic E-state index is 6.20. The molecular formula is C11H14ClN. The number of nitrogens with two attached hydrogens (primary N) is 1. The Balaban J connectivity index is 2.55. The lowest BCUT2D eigenvalue weighted by atomic mass is 9.79. The molecule has 1 atom stereocenters. The van der Waals surface area contributed by atoms with Gasteiger partial charge in [-0.1, -0.05) is 17.7 Å². The van der Waals surface area contributed by atoms with Crippen molar-refractivity contribution < 1.29 is 0 Å². The lowest BCUT2D eigenvalue weighted by Gasteiger charge is -2.32. The molecule has 13 heavy (non-hydrogen) atoms. The summed E-state index contributed by atoms with van der Waals surface area (Å²) in [5, 5.41) is 0.789. The van der Waals surface area contributed by atoms with Gasteiger partial charge in [-0.15, -0.1) is 0 Å². The van der Waals surface area contributed by atoms with Crippen molar-refractivity contribution in [1.29, 1.82) is 0 Å². The molecule has 0 amide bonds. The van der Waals surface area contributed by atoms with Gasteiger partial charge in [0.2, 0.25) is 0 Å². The van der Waals surface area contributed by atoms with Crippen molar-refractivity contribution in [3.05, 3.63) is 34.3 Å². The monoisotopic (exact) mass is 195 g/mol. The SMILES string of the molecule is CC1(N)CCCc2ccc(Cl)cc21. The van der Waals surface area contributed by atoms with E-state index in [0.717, 1.165) is 17.9 Å². The number of hydrogen-bond donors (Lipinski definition) is 1. The molecular weight excluding hydrogens is 182 g/mol. The molecule has 0 saturated carbocycles. The summed E-state index contributed by atoms with van der Waals surface area (Å²) in [6.07, 6.45) is 3.38. The van der Waals surface area contributed by atoms with E-state index in [1.54, 1.807) is 0 Å². The van der Waals surface area contributed by atoms with Gasteiger partial charge in [0, 0.05) is 10.6 Å². The average Bonchev–Trinajstić information content (AvgIpc) is 2.06. The predicted octanol–water partition coefficient (Wildman–Crippen LogP) is 2.85. The van der Waals surface area contributed by atoms with E-state index in [4.69, 9.17) is 17.3 Å². The Morgan fingerprint density at radius 2 is 2.23 bits per heavy atom. The first-order chi connectivity index (χ1) is 6.09. The van der Waals surface area contributed by atoms with Crippen LogP contribution >= 0.6 is 11.6 Å². The van der Waals surface area contributed by atoms with E-state index in [1.165, 1.54) is 17.5 Å². The van der Waals surface area contributed by atoms with Gasteiger partial charge >= 0.3 is 0 Å². The van der Waals surface area contributed by atoms with E-state index in [9.17, 15) is 0 Å². The Bertz CT molecular complexity index is 331. The second-order valence-electron chi connectivity index (χ2n) is 4.07. The van der Waals surface area contributed by atoms with Crippen molar-refractivity contribution in [3.8, 4) is 0 Å². The van der Waals surface area contributed by atoms with E-state index < -0.39 is 0 Å². The number of hydrogen-bond acceptors (Lipinski definition) is 1. The maximum Gasteiger partial charge on any atom is 0.0409 e. The van der Waals surface area contributed by atoms with Crippen LogP contribution in [-0.2, 0) is 12.0 Å². The van der Waals surface area contributed by atoms with Gasteiger partial charge in [-0.05, 0) is 49.4 Å². The summed E-state index contributed by atoms with van der Waals surface area (Å²) in [6, 6.07) is 6.06. The molecule has 1 aliphatic carbocycles. The topological polar surface area (TPSA) is 26.0 Å². The Kier molecular flexibility index (Phi) is 2.09. The molecule has 1 aromatic carbocycles. The van der Waals surface area contributed by atoms with Gasteiger partial charge in [-0.3, -0.25) is 0 Å². The van der Waals surface area contributed by atoms with Gasteiger partial charge < -0.3 is 5.73 Å². The molecule has 0 heterocycles. The van der Waals surface area contributed by atoms with Crippen molar-refractivity contribution in [2.75, 3.05) is 0 Å². The lowest BCUT2D eigenvalue weighted by molar-refractivity contribution is 0.409. The normalized spacial score (nSPS) is 27.0. The molecule has 70 valence electrons. The number of rotatable bonds is 0. The van der Waals surface area contributed by atoms with Gasteiger partial charge in [-0.2, -0.15) is 0 Å². The first-order valence-electron chi connectivity index (χ1n) is 4.67. The minimum Gasteiger partial charge on any atom is -0.322 e. The molecule has 0 radical (unpaired) electrons. The fourth-order valence-corrected chi connectivity index (χ4v) is 2.25. The van der Waals surface area contributed by atoms with E-state index in [1.807, 2.05) is 12.1 Å². The quantitative estimate of drug-likeness (QED) is 0.677. The van der Waals surface area contributed by atoms with Crippen LogP contribution in [0.25, 0.3) is 0 Å². The van der Waals surface area contributed by atoms with Gasteiger partial charge in [0.25, 0.3) is 0 Å². The zero-order valence-corrected chi connectivity index (χ0v) is 8.56. The summed E-state index contributed by atoms with van der Waals surface area (Å²) in [7, 11) is 0. The van der Waals surface area contributed by atoms with E-state index in [0.29, 0.717) is 0 Å². The first kappa shape index (κ1) is 9.04. The molecule has 0 spiro atoms. The minimum atomic E-state index is -0.182. The molecule has 1 aliphatic rings.